The van der Waals surface area contributed by atoms with Gasteiger partial charge < -0.3 is 10.0 Å². The van der Waals surface area contributed by atoms with E-state index in [4.69, 9.17) is 0 Å². The number of benzene rings is 1. The summed E-state index contributed by atoms with van der Waals surface area (Å²) in [6.45, 7) is 2.28. The number of aliphatic carboxylic acids is 1. The van der Waals surface area contributed by atoms with Gasteiger partial charge in [-0.25, -0.2) is 4.39 Å². The van der Waals surface area contributed by atoms with Crippen LogP contribution in [0.1, 0.15) is 30.3 Å². The third kappa shape index (κ3) is 3.02. The van der Waals surface area contributed by atoms with E-state index < -0.39 is 11.9 Å². The highest BCUT2D eigenvalue weighted by atomic mass is 19.1. The van der Waals surface area contributed by atoms with E-state index in [0.29, 0.717) is 36.3 Å². The summed E-state index contributed by atoms with van der Waals surface area (Å²) in [7, 11) is 0. The number of nitrogens with one attached hydrogen (secondary N) is 1. The number of hydrogen-bond acceptors (Lipinski definition) is 3. The molecule has 0 saturated carbocycles. The second-order valence-electron chi connectivity index (χ2n) is 6.00. The number of carbonyl (C=O) groups excluding carboxylic acids is 1. The second-order valence-corrected chi connectivity index (χ2v) is 6.00. The van der Waals surface area contributed by atoms with E-state index in [1.807, 2.05) is 0 Å². The average molecular weight is 331 g/mol. The Kier molecular flexibility index (Phi) is 4.33. The molecule has 1 aromatic carbocycles. The highest BCUT2D eigenvalue weighted by molar-refractivity contribution is 5.94. The van der Waals surface area contributed by atoms with Gasteiger partial charge in [0.2, 0.25) is 0 Å². The number of carbonyl (C=O) groups is 2. The van der Waals surface area contributed by atoms with Gasteiger partial charge in [0, 0.05) is 18.2 Å². The van der Waals surface area contributed by atoms with E-state index in [2.05, 4.69) is 10.2 Å². The lowest BCUT2D eigenvalue weighted by Crippen LogP contribution is -2.49. The van der Waals surface area contributed by atoms with Crippen molar-refractivity contribution in [3.8, 4) is 11.3 Å². The molecule has 126 valence electrons. The summed E-state index contributed by atoms with van der Waals surface area (Å²) in [5, 5.41) is 16.1. The molecule has 0 spiro atoms. The lowest BCUT2D eigenvalue weighted by molar-refractivity contribution is -0.144. The molecule has 6 nitrogen and oxygen atoms in total. The van der Waals surface area contributed by atoms with Crippen molar-refractivity contribution in [3.05, 3.63) is 41.8 Å². The zero-order valence-corrected chi connectivity index (χ0v) is 13.2. The van der Waals surface area contributed by atoms with Gasteiger partial charge in [0.1, 0.15) is 11.5 Å². The van der Waals surface area contributed by atoms with Crippen molar-refractivity contribution in [1.29, 1.82) is 0 Å². The van der Waals surface area contributed by atoms with Crippen LogP contribution in [-0.4, -0.2) is 44.7 Å². The molecular formula is C17H18FN3O3. The molecule has 2 heterocycles. The molecule has 0 bridgehead atoms. The van der Waals surface area contributed by atoms with Crippen LogP contribution in [0.15, 0.2) is 30.3 Å². The molecular weight excluding hydrogens is 313 g/mol. The molecule has 7 heteroatoms. The van der Waals surface area contributed by atoms with E-state index in [0.717, 1.165) is 0 Å². The number of halogens is 1. The predicted octanol–water partition coefficient (Wildman–Crippen LogP) is 2.54. The van der Waals surface area contributed by atoms with Crippen LogP contribution in [0.25, 0.3) is 11.3 Å². The van der Waals surface area contributed by atoms with E-state index in [9.17, 15) is 19.1 Å². The first-order valence-electron chi connectivity index (χ1n) is 7.82. The van der Waals surface area contributed by atoms with Gasteiger partial charge in [-0.3, -0.25) is 14.7 Å². The van der Waals surface area contributed by atoms with Crippen molar-refractivity contribution in [2.45, 2.75) is 25.8 Å². The molecule has 2 aromatic rings. The van der Waals surface area contributed by atoms with Crippen LogP contribution < -0.4 is 0 Å². The van der Waals surface area contributed by atoms with Crippen molar-refractivity contribution >= 4 is 11.9 Å². The summed E-state index contributed by atoms with van der Waals surface area (Å²) >= 11 is 0. The van der Waals surface area contributed by atoms with Gasteiger partial charge in [-0.1, -0.05) is 0 Å². The smallest absolute Gasteiger partial charge is 0.308 e. The Labute approximate surface area is 138 Å². The molecule has 3 rings (SSSR count). The minimum Gasteiger partial charge on any atom is -0.481 e. The summed E-state index contributed by atoms with van der Waals surface area (Å²) < 4.78 is 13.0. The zero-order valence-electron chi connectivity index (χ0n) is 13.2. The van der Waals surface area contributed by atoms with Crippen LogP contribution in [0.5, 0.6) is 0 Å². The molecule has 24 heavy (non-hydrogen) atoms. The molecule has 1 aliphatic heterocycles. The van der Waals surface area contributed by atoms with Crippen LogP contribution in [0.4, 0.5) is 4.39 Å². The topological polar surface area (TPSA) is 86.3 Å². The number of aromatic nitrogens is 2. The number of hydrogen-bond donors (Lipinski definition) is 2. The first-order valence-corrected chi connectivity index (χ1v) is 7.82. The van der Waals surface area contributed by atoms with Crippen LogP contribution in [0, 0.1) is 11.7 Å². The van der Waals surface area contributed by atoms with Crippen molar-refractivity contribution in [3.63, 3.8) is 0 Å². The highest BCUT2D eigenvalue weighted by Gasteiger charge is 2.36. The summed E-state index contributed by atoms with van der Waals surface area (Å²) in [4.78, 5) is 25.5. The number of rotatable bonds is 3. The number of H-pyrrole nitrogens is 1. The Morgan fingerprint density at radius 3 is 2.71 bits per heavy atom. The van der Waals surface area contributed by atoms with Crippen molar-refractivity contribution in [2.24, 2.45) is 5.92 Å². The zero-order chi connectivity index (χ0) is 17.3. The van der Waals surface area contributed by atoms with Gasteiger partial charge in [-0.15, -0.1) is 0 Å². The summed E-state index contributed by atoms with van der Waals surface area (Å²) in [6.07, 6.45) is 1.23. The quantitative estimate of drug-likeness (QED) is 0.905. The van der Waals surface area contributed by atoms with Crippen LogP contribution in [-0.2, 0) is 4.79 Å². The maximum atomic E-state index is 13.0. The van der Waals surface area contributed by atoms with E-state index >= 15 is 0 Å². The lowest BCUT2D eigenvalue weighted by Gasteiger charge is -2.37. The minimum atomic E-state index is -0.878. The maximum Gasteiger partial charge on any atom is 0.308 e. The molecule has 0 unspecified atom stereocenters. The maximum absolute atomic E-state index is 13.0. The fourth-order valence-corrected chi connectivity index (χ4v) is 3.11. The van der Waals surface area contributed by atoms with Gasteiger partial charge in [-0.05, 0) is 50.1 Å². The van der Waals surface area contributed by atoms with Crippen LogP contribution >= 0.6 is 0 Å². The number of piperidine rings is 1. The normalized spacial score (nSPS) is 20.8. The monoisotopic (exact) mass is 331 g/mol. The SMILES string of the molecule is C[C@@H]1[C@H](C(=O)O)CCCN1C(=O)c1cc(-c2ccc(F)cc2)n[nH]1. The Morgan fingerprint density at radius 2 is 2.04 bits per heavy atom. The number of nitrogens with zero attached hydrogens (tertiary/aromatic N) is 2. The van der Waals surface area contributed by atoms with Gasteiger partial charge in [-0.2, -0.15) is 5.10 Å². The number of likely N-dealkylation sites (tertiary alicyclic amines) is 1. The van der Waals surface area contributed by atoms with E-state index in [-0.39, 0.29) is 17.8 Å². The Bertz CT molecular complexity index is 757. The summed E-state index contributed by atoms with van der Waals surface area (Å²) in [6, 6.07) is 7.06. The first kappa shape index (κ1) is 16.2. The third-order valence-corrected chi connectivity index (χ3v) is 4.51. The van der Waals surface area contributed by atoms with Gasteiger partial charge >= 0.3 is 5.97 Å². The number of carboxylic acid groups (broad SMARTS) is 1. The minimum absolute atomic E-state index is 0.269. The highest BCUT2D eigenvalue weighted by Crippen LogP contribution is 2.26. The molecule has 1 amide bonds. The number of amides is 1. The van der Waals surface area contributed by atoms with Gasteiger partial charge in [0.15, 0.2) is 0 Å². The number of carboxylic acids is 1. The van der Waals surface area contributed by atoms with Gasteiger partial charge in [0.25, 0.3) is 5.91 Å². The summed E-state index contributed by atoms with van der Waals surface area (Å²) in [5.74, 6) is -2.04. The first-order chi connectivity index (χ1) is 11.5. The second kappa shape index (κ2) is 6.43. The van der Waals surface area contributed by atoms with E-state index in [1.54, 1.807) is 30.0 Å². The molecule has 2 atom stereocenters. The predicted molar refractivity (Wildman–Crippen MR) is 84.8 cm³/mol. The standard InChI is InChI=1S/C17H18FN3O3/c1-10-13(17(23)24)3-2-8-21(10)16(22)15-9-14(19-20-15)11-4-6-12(18)7-5-11/h4-7,9-10,13H,2-3,8H2,1H3,(H,19,20)(H,23,24)/t10-,13-/m1/s1. The number of aromatic amines is 1. The molecule has 1 aromatic heterocycles. The van der Waals surface area contributed by atoms with Crippen LogP contribution in [0.3, 0.4) is 0 Å². The average Bonchev–Trinajstić information content (AvgIpc) is 3.05. The molecule has 0 aliphatic carbocycles. The molecule has 1 fully saturated rings. The molecule has 1 aliphatic rings. The van der Waals surface area contributed by atoms with Crippen molar-refractivity contribution in [1.82, 2.24) is 15.1 Å². The van der Waals surface area contributed by atoms with Crippen molar-refractivity contribution < 1.29 is 19.1 Å². The summed E-state index contributed by atoms with van der Waals surface area (Å²) in [5.41, 5.74) is 1.53. The Hall–Kier alpha value is -2.70. The molecule has 0 radical (unpaired) electrons. The fraction of sp³-hybridized carbons (Fsp3) is 0.353. The largest absolute Gasteiger partial charge is 0.481 e. The van der Waals surface area contributed by atoms with Crippen LogP contribution in [0.2, 0.25) is 0 Å². The molecule has 2 N–H and O–H groups in total. The third-order valence-electron chi connectivity index (χ3n) is 4.51. The van der Waals surface area contributed by atoms with Crippen molar-refractivity contribution in [2.75, 3.05) is 6.54 Å². The van der Waals surface area contributed by atoms with E-state index in [1.165, 1.54) is 12.1 Å². The lowest BCUT2D eigenvalue weighted by atomic mass is 9.90. The fourth-order valence-electron chi connectivity index (χ4n) is 3.11. The Balaban J connectivity index is 1.80. The molecule has 1 saturated heterocycles. The van der Waals surface area contributed by atoms with Gasteiger partial charge in [0.05, 0.1) is 11.6 Å². The Morgan fingerprint density at radius 1 is 1.33 bits per heavy atom.